The van der Waals surface area contributed by atoms with Gasteiger partial charge in [-0.25, -0.2) is 0 Å². The van der Waals surface area contributed by atoms with Crippen LogP contribution in [-0.4, -0.2) is 18.9 Å². The van der Waals surface area contributed by atoms with Gasteiger partial charge in [0.1, 0.15) is 0 Å². The van der Waals surface area contributed by atoms with Crippen LogP contribution in [0.3, 0.4) is 0 Å². The van der Waals surface area contributed by atoms with Gasteiger partial charge in [-0.05, 0) is 61.1 Å². The molecule has 1 saturated carbocycles. The van der Waals surface area contributed by atoms with Crippen LogP contribution in [0.4, 0.5) is 11.4 Å². The first-order valence-corrected chi connectivity index (χ1v) is 14.3. The van der Waals surface area contributed by atoms with Crippen molar-refractivity contribution in [1.29, 1.82) is 0 Å². The Hall–Kier alpha value is -3.33. The first-order chi connectivity index (χ1) is 18.2. The van der Waals surface area contributed by atoms with Crippen LogP contribution in [-0.2, 0) is 15.6 Å². The van der Waals surface area contributed by atoms with E-state index >= 15 is 0 Å². The summed E-state index contributed by atoms with van der Waals surface area (Å²) < 4.78 is 0. The number of ketones is 1. The number of anilines is 2. The number of para-hydroxylation sites is 2. The van der Waals surface area contributed by atoms with Crippen LogP contribution in [0.5, 0.6) is 0 Å². The molecule has 2 heterocycles. The van der Waals surface area contributed by atoms with Crippen molar-refractivity contribution in [2.24, 2.45) is 0 Å². The average Bonchev–Trinajstić information content (AvgIpc) is 3.43. The molecule has 0 atom stereocenters. The van der Waals surface area contributed by atoms with E-state index < -0.39 is 0 Å². The fraction of sp³-hybridized carbons (Fsp3) is 0.400. The van der Waals surface area contributed by atoms with E-state index in [1.807, 2.05) is 0 Å². The van der Waals surface area contributed by atoms with Gasteiger partial charge < -0.3 is 9.80 Å². The summed E-state index contributed by atoms with van der Waals surface area (Å²) in [7, 11) is 0. The standard InChI is InChI=1S/C35H42N2O/c1-7-23-36-29-15-11-9-13-27(29)34(3,4)31(36)21-19-25-17-18-26(33(25)38)20-22-32-35(5,6)28-14-10-12-16-30(28)37(32)24-8-2/h9-16,19-22H,7-8,17-18,23-24H2,1-6H3/b25-19-,26-20+,31-21+,32-22+. The Balaban J connectivity index is 1.43. The number of Topliss-reactive ketones (excluding diaryl/α,β-unsaturated/α-hetero) is 1. The van der Waals surface area contributed by atoms with Crippen LogP contribution < -0.4 is 9.80 Å². The van der Waals surface area contributed by atoms with Crippen molar-refractivity contribution < 1.29 is 4.79 Å². The molecule has 3 heteroatoms. The molecule has 198 valence electrons. The third-order valence-corrected chi connectivity index (χ3v) is 8.62. The Kier molecular flexibility index (Phi) is 6.98. The predicted molar refractivity (Wildman–Crippen MR) is 161 cm³/mol. The van der Waals surface area contributed by atoms with Gasteiger partial charge >= 0.3 is 0 Å². The highest BCUT2D eigenvalue weighted by atomic mass is 16.1. The molecule has 3 nitrogen and oxygen atoms in total. The number of benzene rings is 2. The smallest absolute Gasteiger partial charge is 0.185 e. The Morgan fingerprint density at radius 2 is 1.05 bits per heavy atom. The summed E-state index contributed by atoms with van der Waals surface area (Å²) in [6, 6.07) is 17.4. The summed E-state index contributed by atoms with van der Waals surface area (Å²) in [5.74, 6) is 0.199. The van der Waals surface area contributed by atoms with Crippen LogP contribution in [0, 0.1) is 0 Å². The molecule has 38 heavy (non-hydrogen) atoms. The van der Waals surface area contributed by atoms with Gasteiger partial charge in [0.25, 0.3) is 0 Å². The molecule has 0 aromatic heterocycles. The topological polar surface area (TPSA) is 23.6 Å². The highest BCUT2D eigenvalue weighted by molar-refractivity contribution is 6.11. The number of carbonyl (C=O) groups is 1. The quantitative estimate of drug-likeness (QED) is 0.368. The fourth-order valence-corrected chi connectivity index (χ4v) is 6.59. The number of rotatable bonds is 6. The Morgan fingerprint density at radius 1 is 0.658 bits per heavy atom. The van der Waals surface area contributed by atoms with Gasteiger partial charge in [-0.15, -0.1) is 0 Å². The van der Waals surface area contributed by atoms with E-state index in [1.54, 1.807) is 0 Å². The van der Waals surface area contributed by atoms with E-state index in [2.05, 4.69) is 124 Å². The van der Waals surface area contributed by atoms with Crippen LogP contribution in [0.15, 0.2) is 95.4 Å². The van der Waals surface area contributed by atoms with Gasteiger partial charge in [-0.1, -0.05) is 90.1 Å². The van der Waals surface area contributed by atoms with Crippen molar-refractivity contribution in [2.45, 2.75) is 78.1 Å². The molecule has 0 amide bonds. The zero-order valence-electron chi connectivity index (χ0n) is 24.0. The van der Waals surface area contributed by atoms with Crippen LogP contribution in [0.2, 0.25) is 0 Å². The Labute approximate surface area is 229 Å². The third kappa shape index (κ3) is 4.26. The molecule has 0 N–H and O–H groups in total. The minimum Gasteiger partial charge on any atom is -0.344 e. The molecule has 2 aliphatic heterocycles. The summed E-state index contributed by atoms with van der Waals surface area (Å²) >= 11 is 0. The van der Waals surface area contributed by atoms with Gasteiger partial charge in [0, 0.05) is 57.8 Å². The number of allylic oxidation sites excluding steroid dienone is 8. The van der Waals surface area contributed by atoms with E-state index in [4.69, 9.17) is 0 Å². The molecule has 0 unspecified atom stereocenters. The first-order valence-electron chi connectivity index (χ1n) is 14.3. The van der Waals surface area contributed by atoms with Gasteiger partial charge in [0.2, 0.25) is 0 Å². The Bertz CT molecular complexity index is 1260. The normalized spacial score (nSPS) is 23.8. The van der Waals surface area contributed by atoms with E-state index in [0.29, 0.717) is 0 Å². The van der Waals surface area contributed by atoms with Crippen molar-refractivity contribution in [3.8, 4) is 0 Å². The lowest BCUT2D eigenvalue weighted by atomic mass is 9.83. The number of nitrogens with zero attached hydrogens (tertiary/aromatic N) is 2. The molecule has 0 bridgehead atoms. The maximum Gasteiger partial charge on any atom is 0.185 e. The lowest BCUT2D eigenvalue weighted by Gasteiger charge is -2.26. The third-order valence-electron chi connectivity index (χ3n) is 8.62. The molecule has 5 rings (SSSR count). The van der Waals surface area contributed by atoms with Crippen molar-refractivity contribution in [3.05, 3.63) is 107 Å². The van der Waals surface area contributed by atoms with Gasteiger partial charge in [0.15, 0.2) is 5.78 Å². The second kappa shape index (κ2) is 10.1. The number of fused-ring (bicyclic) bond motifs is 2. The van der Waals surface area contributed by atoms with E-state index in [1.165, 1.54) is 33.9 Å². The second-order valence-corrected chi connectivity index (χ2v) is 11.9. The van der Waals surface area contributed by atoms with Crippen molar-refractivity contribution >= 4 is 17.2 Å². The maximum absolute atomic E-state index is 13.5. The Morgan fingerprint density at radius 3 is 1.45 bits per heavy atom. The molecule has 0 spiro atoms. The largest absolute Gasteiger partial charge is 0.344 e. The monoisotopic (exact) mass is 506 g/mol. The van der Waals surface area contributed by atoms with Crippen LogP contribution in [0.1, 0.15) is 78.4 Å². The highest BCUT2D eigenvalue weighted by Gasteiger charge is 2.40. The van der Waals surface area contributed by atoms with Crippen molar-refractivity contribution in [1.82, 2.24) is 0 Å². The summed E-state index contributed by atoms with van der Waals surface area (Å²) in [5.41, 5.74) is 9.55. The minimum atomic E-state index is -0.0840. The number of carbonyl (C=O) groups excluding carboxylic acids is 1. The van der Waals surface area contributed by atoms with Gasteiger partial charge in [-0.3, -0.25) is 4.79 Å². The SMILES string of the molecule is CCCN1/C(=C/C=C2/CC/C(=C\C=C3\N(CCC)c4ccccc4C3(C)C)C2=O)C(C)(C)c2ccccc21. The number of hydrogen-bond acceptors (Lipinski definition) is 3. The summed E-state index contributed by atoms with van der Waals surface area (Å²) in [4.78, 5) is 18.3. The van der Waals surface area contributed by atoms with Gasteiger partial charge in [0.05, 0.1) is 0 Å². The first kappa shape index (κ1) is 26.3. The lowest BCUT2D eigenvalue weighted by molar-refractivity contribution is -0.111. The van der Waals surface area contributed by atoms with Crippen molar-refractivity contribution in [2.75, 3.05) is 22.9 Å². The zero-order chi connectivity index (χ0) is 27.1. The molecular weight excluding hydrogens is 464 g/mol. The van der Waals surface area contributed by atoms with E-state index in [-0.39, 0.29) is 16.6 Å². The molecule has 3 aliphatic rings. The lowest BCUT2D eigenvalue weighted by Crippen LogP contribution is -2.26. The van der Waals surface area contributed by atoms with E-state index in [0.717, 1.165) is 49.9 Å². The summed E-state index contributed by atoms with van der Waals surface area (Å²) in [5, 5.41) is 0. The molecule has 1 aliphatic carbocycles. The number of hydrogen-bond donors (Lipinski definition) is 0. The summed E-state index contributed by atoms with van der Waals surface area (Å²) in [6.45, 7) is 15.6. The molecule has 1 fully saturated rings. The maximum atomic E-state index is 13.5. The van der Waals surface area contributed by atoms with Crippen LogP contribution >= 0.6 is 0 Å². The molecule has 0 saturated heterocycles. The summed E-state index contributed by atoms with van der Waals surface area (Å²) in [6.07, 6.45) is 12.4. The average molecular weight is 507 g/mol. The second-order valence-electron chi connectivity index (χ2n) is 11.9. The van der Waals surface area contributed by atoms with Crippen LogP contribution in [0.25, 0.3) is 0 Å². The zero-order valence-corrected chi connectivity index (χ0v) is 24.0. The molecule has 2 aromatic carbocycles. The minimum absolute atomic E-state index is 0.0840. The fourth-order valence-electron chi connectivity index (χ4n) is 6.59. The molecular formula is C35H42N2O. The van der Waals surface area contributed by atoms with E-state index in [9.17, 15) is 4.79 Å². The highest BCUT2D eigenvalue weighted by Crippen LogP contribution is 2.49. The molecule has 0 radical (unpaired) electrons. The van der Waals surface area contributed by atoms with Crippen molar-refractivity contribution in [3.63, 3.8) is 0 Å². The molecule has 2 aromatic rings. The predicted octanol–water partition coefficient (Wildman–Crippen LogP) is 8.39. The van der Waals surface area contributed by atoms with Gasteiger partial charge in [-0.2, -0.15) is 0 Å².